The Labute approximate surface area is 291 Å². The van der Waals surface area contributed by atoms with Crippen LogP contribution in [0, 0.1) is 11.8 Å². The Bertz CT molecular complexity index is 1460. The molecule has 3 aliphatic heterocycles. The molecule has 3 amide bonds. The average molecular weight is 725 g/mol. The van der Waals surface area contributed by atoms with Gasteiger partial charge in [0, 0.05) is 34.9 Å². The normalized spacial score (nSPS) is 27.2. The SMILES string of the molecule is C=CCN(C(=O)[C@H]1[C@@H]2SC3(CC2Br)C(C(=O)N(CC=C)C(C)CCC)N([C@H](CO)c2ccccc2)C(=O)[C@H]13)c1ccc(OCC)cc1. The van der Waals surface area contributed by atoms with Crippen LogP contribution in [-0.2, 0) is 14.4 Å². The standard InChI is InChI=1S/C37H46BrN3O5S/c1-6-13-24(5)39(20-7-2)36(45)33-37-22-28(38)32(47-37)30(31(37)35(44)41(33)29(23-42)25-14-11-10-12-15-25)34(43)40(21-8-3)26-16-18-27(19-17-26)46-9-4/h7-8,10-12,14-19,24,28-33,42H,2-3,6,9,13,20-23H2,1,4-5H3/t24?,28?,29-,30-,31+,32-,33?,37?/m1/s1. The summed E-state index contributed by atoms with van der Waals surface area (Å²) in [6.45, 7) is 14.7. The zero-order valence-electron chi connectivity index (χ0n) is 27.5. The monoisotopic (exact) mass is 723 g/mol. The summed E-state index contributed by atoms with van der Waals surface area (Å²) in [4.78, 5) is 49.8. The molecule has 3 heterocycles. The number of carbonyl (C=O) groups excluding carboxylic acids is 3. The fourth-order valence-electron chi connectivity index (χ4n) is 7.87. The molecule has 2 bridgehead atoms. The molecule has 0 aromatic heterocycles. The minimum Gasteiger partial charge on any atom is -0.494 e. The zero-order chi connectivity index (χ0) is 33.9. The summed E-state index contributed by atoms with van der Waals surface area (Å²) in [5, 5.41) is 10.7. The summed E-state index contributed by atoms with van der Waals surface area (Å²) in [5.41, 5.74) is 1.43. The van der Waals surface area contributed by atoms with Crippen LogP contribution < -0.4 is 9.64 Å². The number of carbonyl (C=O) groups is 3. The van der Waals surface area contributed by atoms with Crippen LogP contribution in [0.2, 0.25) is 0 Å². The fraction of sp³-hybridized carbons (Fsp3) is 0.486. The summed E-state index contributed by atoms with van der Waals surface area (Å²) in [6, 6.07) is 15.0. The first-order chi connectivity index (χ1) is 22.7. The first-order valence-corrected chi connectivity index (χ1v) is 18.3. The van der Waals surface area contributed by atoms with Crippen molar-refractivity contribution in [1.29, 1.82) is 0 Å². The van der Waals surface area contributed by atoms with Crippen LogP contribution >= 0.6 is 27.7 Å². The number of benzene rings is 2. The van der Waals surface area contributed by atoms with Gasteiger partial charge in [-0.25, -0.2) is 0 Å². The smallest absolute Gasteiger partial charge is 0.247 e. The molecule has 3 aliphatic rings. The maximum absolute atomic E-state index is 15.0. The minimum absolute atomic E-state index is 0.0780. The van der Waals surface area contributed by atoms with Crippen LogP contribution in [0.25, 0.3) is 0 Å². The van der Waals surface area contributed by atoms with Crippen molar-refractivity contribution < 1.29 is 24.2 Å². The number of alkyl halides is 1. The maximum atomic E-state index is 15.0. The second-order valence-electron chi connectivity index (χ2n) is 12.6. The van der Waals surface area contributed by atoms with Gasteiger partial charge in [0.2, 0.25) is 17.7 Å². The summed E-state index contributed by atoms with van der Waals surface area (Å²) < 4.78 is 4.76. The van der Waals surface area contributed by atoms with Gasteiger partial charge in [0.1, 0.15) is 11.8 Å². The Morgan fingerprint density at radius 2 is 1.79 bits per heavy atom. The highest BCUT2D eigenvalue weighted by atomic mass is 79.9. The molecule has 2 aromatic carbocycles. The molecule has 47 heavy (non-hydrogen) atoms. The van der Waals surface area contributed by atoms with Gasteiger partial charge < -0.3 is 24.5 Å². The molecule has 10 heteroatoms. The van der Waals surface area contributed by atoms with E-state index in [1.54, 1.807) is 33.7 Å². The molecule has 4 unspecified atom stereocenters. The van der Waals surface area contributed by atoms with Crippen LogP contribution in [0.15, 0.2) is 79.9 Å². The Morgan fingerprint density at radius 3 is 2.38 bits per heavy atom. The summed E-state index contributed by atoms with van der Waals surface area (Å²) >= 11 is 5.50. The van der Waals surface area contributed by atoms with Crippen molar-refractivity contribution in [3.8, 4) is 5.75 Å². The van der Waals surface area contributed by atoms with Crippen molar-refractivity contribution >= 4 is 51.1 Å². The maximum Gasteiger partial charge on any atom is 0.247 e. The topological polar surface area (TPSA) is 90.4 Å². The molecular formula is C37H46BrN3O5S. The number of likely N-dealkylation sites (tertiary alicyclic amines) is 1. The molecule has 1 spiro atoms. The number of rotatable bonds is 15. The third-order valence-corrected chi connectivity index (χ3v) is 13.0. The van der Waals surface area contributed by atoms with Gasteiger partial charge in [-0.3, -0.25) is 14.4 Å². The first-order valence-electron chi connectivity index (χ1n) is 16.5. The van der Waals surface area contributed by atoms with Gasteiger partial charge in [-0.1, -0.05) is 71.8 Å². The third-order valence-electron chi connectivity index (χ3n) is 9.82. The molecule has 252 valence electrons. The number of ether oxygens (including phenoxy) is 1. The summed E-state index contributed by atoms with van der Waals surface area (Å²) in [6.07, 6.45) is 5.66. The molecule has 8 atom stereocenters. The van der Waals surface area contributed by atoms with E-state index in [1.807, 2.05) is 73.3 Å². The molecule has 8 nitrogen and oxygen atoms in total. The van der Waals surface area contributed by atoms with Gasteiger partial charge in [0.15, 0.2) is 0 Å². The highest BCUT2D eigenvalue weighted by Gasteiger charge is 2.76. The summed E-state index contributed by atoms with van der Waals surface area (Å²) in [5.74, 6) is -1.32. The van der Waals surface area contributed by atoms with Gasteiger partial charge >= 0.3 is 0 Å². The first kappa shape index (κ1) is 35.2. The molecule has 2 aromatic rings. The van der Waals surface area contributed by atoms with E-state index in [-0.39, 0.29) is 47.0 Å². The van der Waals surface area contributed by atoms with Crippen molar-refractivity contribution in [2.45, 2.75) is 73.0 Å². The quantitative estimate of drug-likeness (QED) is 0.179. The predicted octanol–water partition coefficient (Wildman–Crippen LogP) is 6.01. The predicted molar refractivity (Wildman–Crippen MR) is 192 cm³/mol. The second kappa shape index (κ2) is 15.0. The molecule has 0 radical (unpaired) electrons. The highest BCUT2D eigenvalue weighted by Crippen LogP contribution is 2.69. The summed E-state index contributed by atoms with van der Waals surface area (Å²) in [7, 11) is 0. The molecule has 0 saturated carbocycles. The Hall–Kier alpha value is -3.08. The zero-order valence-corrected chi connectivity index (χ0v) is 29.9. The number of aliphatic hydroxyl groups is 1. The van der Waals surface area contributed by atoms with Gasteiger partial charge in [-0.05, 0) is 56.5 Å². The number of amides is 3. The Balaban J connectivity index is 1.62. The van der Waals surface area contributed by atoms with Crippen LogP contribution in [0.5, 0.6) is 5.75 Å². The fourth-order valence-corrected chi connectivity index (χ4v) is 11.5. The molecular weight excluding hydrogens is 678 g/mol. The number of thioether (sulfide) groups is 1. The number of anilines is 1. The number of aliphatic hydroxyl groups excluding tert-OH is 1. The molecule has 5 rings (SSSR count). The lowest BCUT2D eigenvalue weighted by Gasteiger charge is -2.41. The number of halogens is 1. The van der Waals surface area contributed by atoms with Crippen molar-refractivity contribution in [1.82, 2.24) is 9.80 Å². The van der Waals surface area contributed by atoms with E-state index in [4.69, 9.17) is 4.74 Å². The van der Waals surface area contributed by atoms with Crippen molar-refractivity contribution in [2.24, 2.45) is 11.8 Å². The van der Waals surface area contributed by atoms with E-state index in [9.17, 15) is 19.5 Å². The second-order valence-corrected chi connectivity index (χ2v) is 15.3. The van der Waals surface area contributed by atoms with E-state index in [1.165, 1.54) is 0 Å². The molecule has 1 N–H and O–H groups in total. The van der Waals surface area contributed by atoms with Crippen LogP contribution in [0.1, 0.15) is 51.6 Å². The largest absolute Gasteiger partial charge is 0.494 e. The highest BCUT2D eigenvalue weighted by molar-refractivity contribution is 9.09. The average Bonchev–Trinajstić information content (AvgIpc) is 3.67. The Morgan fingerprint density at radius 1 is 1.11 bits per heavy atom. The molecule has 3 saturated heterocycles. The number of fused-ring (bicyclic) bond motifs is 1. The number of nitrogens with zero attached hydrogens (tertiary/aromatic N) is 3. The van der Waals surface area contributed by atoms with E-state index in [0.717, 1.165) is 18.4 Å². The number of hydrogen-bond acceptors (Lipinski definition) is 6. The van der Waals surface area contributed by atoms with Crippen LogP contribution in [-0.4, -0.2) is 85.8 Å². The lowest BCUT2D eigenvalue weighted by atomic mass is 9.70. The Kier molecular flexibility index (Phi) is 11.2. The minimum atomic E-state index is -0.872. The van der Waals surface area contributed by atoms with Crippen LogP contribution in [0.3, 0.4) is 0 Å². The van der Waals surface area contributed by atoms with E-state index in [2.05, 4.69) is 36.0 Å². The molecule has 0 aliphatic carbocycles. The van der Waals surface area contributed by atoms with Gasteiger partial charge in [0.25, 0.3) is 0 Å². The lowest BCUT2D eigenvalue weighted by molar-refractivity contribution is -0.146. The lowest BCUT2D eigenvalue weighted by Crippen LogP contribution is -2.58. The van der Waals surface area contributed by atoms with Crippen molar-refractivity contribution in [3.63, 3.8) is 0 Å². The van der Waals surface area contributed by atoms with Crippen LogP contribution in [0.4, 0.5) is 5.69 Å². The van der Waals surface area contributed by atoms with E-state index < -0.39 is 28.7 Å². The molecule has 3 fully saturated rings. The van der Waals surface area contributed by atoms with Gasteiger partial charge in [0.05, 0.1) is 35.8 Å². The van der Waals surface area contributed by atoms with E-state index in [0.29, 0.717) is 31.0 Å². The van der Waals surface area contributed by atoms with E-state index >= 15 is 0 Å². The van der Waals surface area contributed by atoms with Crippen molar-refractivity contribution in [2.75, 3.05) is 31.2 Å². The third kappa shape index (κ3) is 6.29. The van der Waals surface area contributed by atoms with Gasteiger partial charge in [-0.2, -0.15) is 0 Å². The van der Waals surface area contributed by atoms with Gasteiger partial charge in [-0.15, -0.1) is 24.9 Å². The number of hydrogen-bond donors (Lipinski definition) is 1. The van der Waals surface area contributed by atoms with Crippen molar-refractivity contribution in [3.05, 3.63) is 85.5 Å².